The van der Waals surface area contributed by atoms with E-state index in [1.165, 1.54) is 0 Å². The smallest absolute Gasteiger partial charge is 0.209 e. The summed E-state index contributed by atoms with van der Waals surface area (Å²) in [6.07, 6.45) is 14.2. The highest BCUT2D eigenvalue weighted by Gasteiger charge is 2.28. The standard InChI is InChI=1S/C14H21NO/c1-3-4-5-6-7-8-14(2)9-11-15(13-16)12-10-14/h3-7,13H,1,8-12H2,2H3/b5-4-,7-6-. The molecule has 0 aliphatic carbocycles. The van der Waals surface area contributed by atoms with Gasteiger partial charge in [0.15, 0.2) is 0 Å². The van der Waals surface area contributed by atoms with Crippen LogP contribution >= 0.6 is 0 Å². The van der Waals surface area contributed by atoms with Crippen molar-refractivity contribution in [3.63, 3.8) is 0 Å². The lowest BCUT2D eigenvalue weighted by Crippen LogP contribution is -2.37. The van der Waals surface area contributed by atoms with Crippen LogP contribution in [0.15, 0.2) is 37.0 Å². The number of rotatable bonds is 5. The summed E-state index contributed by atoms with van der Waals surface area (Å²) in [6, 6.07) is 0. The van der Waals surface area contributed by atoms with E-state index in [1.807, 2.05) is 17.1 Å². The van der Waals surface area contributed by atoms with Crippen LogP contribution in [-0.2, 0) is 4.79 Å². The van der Waals surface area contributed by atoms with Gasteiger partial charge in [-0.15, -0.1) is 0 Å². The minimum atomic E-state index is 0.359. The Balaban J connectivity index is 2.36. The van der Waals surface area contributed by atoms with Crippen LogP contribution in [0.3, 0.4) is 0 Å². The van der Waals surface area contributed by atoms with Gasteiger partial charge < -0.3 is 4.90 Å². The zero-order valence-corrected chi connectivity index (χ0v) is 10.1. The van der Waals surface area contributed by atoms with Crippen LogP contribution in [-0.4, -0.2) is 24.4 Å². The van der Waals surface area contributed by atoms with Crippen LogP contribution in [0.4, 0.5) is 0 Å². The van der Waals surface area contributed by atoms with Crippen molar-refractivity contribution in [2.45, 2.75) is 26.2 Å². The van der Waals surface area contributed by atoms with E-state index in [2.05, 4.69) is 25.7 Å². The maximum absolute atomic E-state index is 10.6. The third kappa shape index (κ3) is 4.05. The molecule has 1 amide bonds. The summed E-state index contributed by atoms with van der Waals surface area (Å²) in [5, 5.41) is 0. The first-order chi connectivity index (χ1) is 7.70. The van der Waals surface area contributed by atoms with Crippen LogP contribution in [0.1, 0.15) is 26.2 Å². The average Bonchev–Trinajstić information content (AvgIpc) is 2.30. The predicted octanol–water partition coefficient (Wildman–Crippen LogP) is 2.93. The molecule has 1 aliphatic rings. The van der Waals surface area contributed by atoms with Gasteiger partial charge in [-0.1, -0.05) is 43.9 Å². The average molecular weight is 219 g/mol. The minimum Gasteiger partial charge on any atom is -0.345 e. The highest BCUT2D eigenvalue weighted by molar-refractivity contribution is 5.47. The number of allylic oxidation sites excluding steroid dienone is 5. The van der Waals surface area contributed by atoms with Gasteiger partial charge in [-0.3, -0.25) is 4.79 Å². The second-order valence-electron chi connectivity index (χ2n) is 4.70. The number of nitrogens with zero attached hydrogens (tertiary/aromatic N) is 1. The molecule has 1 saturated heterocycles. The Hall–Kier alpha value is -1.31. The normalized spacial score (nSPS) is 20.4. The summed E-state index contributed by atoms with van der Waals surface area (Å²) < 4.78 is 0. The molecule has 1 heterocycles. The molecular formula is C14H21NO. The van der Waals surface area contributed by atoms with Crippen LogP contribution in [0, 0.1) is 5.41 Å². The molecule has 1 fully saturated rings. The van der Waals surface area contributed by atoms with Gasteiger partial charge in [0.25, 0.3) is 0 Å². The predicted molar refractivity (Wildman–Crippen MR) is 68.1 cm³/mol. The van der Waals surface area contributed by atoms with Gasteiger partial charge in [0.05, 0.1) is 0 Å². The molecule has 0 spiro atoms. The van der Waals surface area contributed by atoms with E-state index in [9.17, 15) is 4.79 Å². The van der Waals surface area contributed by atoms with E-state index in [4.69, 9.17) is 0 Å². The van der Waals surface area contributed by atoms with Crippen molar-refractivity contribution in [1.29, 1.82) is 0 Å². The molecule has 0 radical (unpaired) electrons. The number of piperidine rings is 1. The summed E-state index contributed by atoms with van der Waals surface area (Å²) in [5.74, 6) is 0. The summed E-state index contributed by atoms with van der Waals surface area (Å²) in [6.45, 7) is 7.72. The molecule has 1 aliphatic heterocycles. The zero-order valence-electron chi connectivity index (χ0n) is 10.1. The van der Waals surface area contributed by atoms with Crippen molar-refractivity contribution >= 4 is 6.41 Å². The fraction of sp³-hybridized carbons (Fsp3) is 0.500. The molecule has 0 aromatic carbocycles. The summed E-state index contributed by atoms with van der Waals surface area (Å²) in [7, 11) is 0. The van der Waals surface area contributed by atoms with Gasteiger partial charge in [-0.25, -0.2) is 0 Å². The van der Waals surface area contributed by atoms with Gasteiger partial charge in [0, 0.05) is 13.1 Å². The molecule has 0 bridgehead atoms. The largest absolute Gasteiger partial charge is 0.345 e. The highest BCUT2D eigenvalue weighted by atomic mass is 16.1. The van der Waals surface area contributed by atoms with Gasteiger partial charge in [-0.05, 0) is 24.7 Å². The summed E-state index contributed by atoms with van der Waals surface area (Å²) in [5.41, 5.74) is 0.359. The Bertz CT molecular complexity index is 283. The third-order valence-corrected chi connectivity index (χ3v) is 3.26. The van der Waals surface area contributed by atoms with E-state index in [0.29, 0.717) is 5.41 Å². The molecule has 0 unspecified atom stereocenters. The maximum atomic E-state index is 10.6. The molecule has 0 aromatic rings. The number of carbonyl (C=O) groups is 1. The van der Waals surface area contributed by atoms with Crippen molar-refractivity contribution in [3.05, 3.63) is 37.0 Å². The third-order valence-electron chi connectivity index (χ3n) is 3.26. The number of carbonyl (C=O) groups excluding carboxylic acids is 1. The number of amides is 1. The number of hydrogen-bond donors (Lipinski definition) is 0. The Morgan fingerprint density at radius 1 is 1.25 bits per heavy atom. The Morgan fingerprint density at radius 2 is 1.94 bits per heavy atom. The number of likely N-dealkylation sites (tertiary alicyclic amines) is 1. The van der Waals surface area contributed by atoms with Crippen molar-refractivity contribution < 1.29 is 4.79 Å². The van der Waals surface area contributed by atoms with Crippen LogP contribution < -0.4 is 0 Å². The van der Waals surface area contributed by atoms with Gasteiger partial charge in [-0.2, -0.15) is 0 Å². The molecule has 0 saturated carbocycles. The summed E-state index contributed by atoms with van der Waals surface area (Å²) in [4.78, 5) is 12.5. The highest BCUT2D eigenvalue weighted by Crippen LogP contribution is 2.34. The summed E-state index contributed by atoms with van der Waals surface area (Å²) >= 11 is 0. The SMILES string of the molecule is C=C/C=C\C=C/CC1(C)CCN(C=O)CC1. The van der Waals surface area contributed by atoms with Crippen molar-refractivity contribution in [3.8, 4) is 0 Å². The first kappa shape index (κ1) is 12.8. The zero-order chi connectivity index (χ0) is 11.9. The van der Waals surface area contributed by atoms with E-state index in [1.54, 1.807) is 6.08 Å². The molecule has 2 heteroatoms. The fourth-order valence-electron chi connectivity index (χ4n) is 1.95. The molecular weight excluding hydrogens is 198 g/mol. The van der Waals surface area contributed by atoms with E-state index < -0.39 is 0 Å². The lowest BCUT2D eigenvalue weighted by Gasteiger charge is -2.37. The van der Waals surface area contributed by atoms with Crippen LogP contribution in [0.5, 0.6) is 0 Å². The molecule has 16 heavy (non-hydrogen) atoms. The van der Waals surface area contributed by atoms with Crippen LogP contribution in [0.2, 0.25) is 0 Å². The number of hydrogen-bond acceptors (Lipinski definition) is 1. The first-order valence-electron chi connectivity index (χ1n) is 5.84. The fourth-order valence-corrected chi connectivity index (χ4v) is 1.95. The molecule has 2 nitrogen and oxygen atoms in total. The molecule has 0 aromatic heterocycles. The Morgan fingerprint density at radius 3 is 2.50 bits per heavy atom. The van der Waals surface area contributed by atoms with E-state index in [-0.39, 0.29) is 0 Å². The second kappa shape index (κ2) is 6.31. The first-order valence-corrected chi connectivity index (χ1v) is 5.84. The maximum Gasteiger partial charge on any atom is 0.209 e. The topological polar surface area (TPSA) is 20.3 Å². The Labute approximate surface area is 98.3 Å². The van der Waals surface area contributed by atoms with Crippen LogP contribution in [0.25, 0.3) is 0 Å². The quantitative estimate of drug-likeness (QED) is 0.514. The second-order valence-corrected chi connectivity index (χ2v) is 4.70. The van der Waals surface area contributed by atoms with E-state index >= 15 is 0 Å². The van der Waals surface area contributed by atoms with Crippen molar-refractivity contribution in [2.24, 2.45) is 5.41 Å². The molecule has 1 rings (SSSR count). The lowest BCUT2D eigenvalue weighted by atomic mass is 9.77. The van der Waals surface area contributed by atoms with Gasteiger partial charge in [0.1, 0.15) is 0 Å². The van der Waals surface area contributed by atoms with Gasteiger partial charge in [0.2, 0.25) is 6.41 Å². The van der Waals surface area contributed by atoms with Crippen molar-refractivity contribution in [1.82, 2.24) is 4.90 Å². The lowest BCUT2D eigenvalue weighted by molar-refractivity contribution is -0.120. The Kier molecular flexibility index (Phi) is 5.03. The molecule has 88 valence electrons. The minimum absolute atomic E-state index is 0.359. The molecule has 0 N–H and O–H groups in total. The van der Waals surface area contributed by atoms with E-state index in [0.717, 1.165) is 38.8 Å². The van der Waals surface area contributed by atoms with Crippen molar-refractivity contribution in [2.75, 3.05) is 13.1 Å². The van der Waals surface area contributed by atoms with Gasteiger partial charge >= 0.3 is 0 Å². The molecule has 0 atom stereocenters. The monoisotopic (exact) mass is 219 g/mol.